The van der Waals surface area contributed by atoms with E-state index < -0.39 is 11.0 Å². The van der Waals surface area contributed by atoms with E-state index in [9.17, 15) is 14.9 Å². The number of hydrogen-bond donors (Lipinski definition) is 3. The summed E-state index contributed by atoms with van der Waals surface area (Å²) in [5.41, 5.74) is 6.55. The molecule has 0 radical (unpaired) electrons. The predicted molar refractivity (Wildman–Crippen MR) is 77.9 cm³/mol. The molecule has 104 valence electrons. The summed E-state index contributed by atoms with van der Waals surface area (Å²) in [6.07, 6.45) is 0. The van der Waals surface area contributed by atoms with Crippen LogP contribution in [-0.2, 0) is 6.54 Å². The summed E-state index contributed by atoms with van der Waals surface area (Å²) in [4.78, 5) is 21.1. The number of benzene rings is 1. The Morgan fingerprint density at radius 3 is 2.90 bits per heavy atom. The lowest BCUT2D eigenvalue weighted by atomic mass is 10.2. The van der Waals surface area contributed by atoms with Crippen LogP contribution in [0.15, 0.2) is 35.7 Å². The van der Waals surface area contributed by atoms with Gasteiger partial charge in [0.1, 0.15) is 0 Å². The van der Waals surface area contributed by atoms with Gasteiger partial charge >= 0.3 is 11.7 Å². The van der Waals surface area contributed by atoms with Gasteiger partial charge in [-0.3, -0.25) is 10.1 Å². The fourth-order valence-electron chi connectivity index (χ4n) is 1.66. The van der Waals surface area contributed by atoms with Gasteiger partial charge in [0.25, 0.3) is 0 Å². The second kappa shape index (κ2) is 6.02. The Balaban J connectivity index is 2.05. The first-order chi connectivity index (χ1) is 9.56. The van der Waals surface area contributed by atoms with Crippen LogP contribution in [0.2, 0.25) is 0 Å². The van der Waals surface area contributed by atoms with E-state index in [1.54, 1.807) is 23.6 Å². The third-order valence-corrected chi connectivity index (χ3v) is 3.35. The lowest BCUT2D eigenvalue weighted by molar-refractivity contribution is -0.383. The van der Waals surface area contributed by atoms with Crippen molar-refractivity contribution in [3.05, 3.63) is 51.4 Å². The first-order valence-electron chi connectivity index (χ1n) is 5.67. The predicted octanol–water partition coefficient (Wildman–Crippen LogP) is 2.76. The molecule has 0 saturated carbocycles. The molecule has 7 nitrogen and oxygen atoms in total. The van der Waals surface area contributed by atoms with Crippen LogP contribution in [0.5, 0.6) is 0 Å². The van der Waals surface area contributed by atoms with Crippen LogP contribution in [0.25, 0.3) is 0 Å². The molecule has 0 spiro atoms. The molecule has 0 fully saturated rings. The number of nitrogens with two attached hydrogens (primary N) is 1. The van der Waals surface area contributed by atoms with Gasteiger partial charge in [0, 0.05) is 18.3 Å². The highest BCUT2D eigenvalue weighted by atomic mass is 32.1. The van der Waals surface area contributed by atoms with E-state index in [4.69, 9.17) is 5.73 Å². The van der Waals surface area contributed by atoms with Crippen molar-refractivity contribution in [2.24, 2.45) is 5.73 Å². The van der Waals surface area contributed by atoms with Gasteiger partial charge in [-0.1, -0.05) is 12.1 Å². The number of nitro groups is 1. The number of nitrogens with one attached hydrogen (secondary N) is 2. The van der Waals surface area contributed by atoms with Crippen LogP contribution >= 0.6 is 11.3 Å². The zero-order valence-electron chi connectivity index (χ0n) is 10.3. The fraction of sp³-hybridized carbons (Fsp3) is 0.0833. The maximum atomic E-state index is 10.8. The molecule has 0 bridgehead atoms. The van der Waals surface area contributed by atoms with E-state index >= 15 is 0 Å². The molecule has 2 amide bonds. The largest absolute Gasteiger partial charge is 0.367 e. The van der Waals surface area contributed by atoms with Gasteiger partial charge in [-0.15, -0.1) is 11.3 Å². The summed E-state index contributed by atoms with van der Waals surface area (Å²) < 4.78 is 0. The number of anilines is 2. The Morgan fingerprint density at radius 2 is 2.20 bits per heavy atom. The number of primary amides is 1. The van der Waals surface area contributed by atoms with Crippen LogP contribution in [-0.4, -0.2) is 11.0 Å². The fourth-order valence-corrected chi connectivity index (χ4v) is 2.41. The van der Waals surface area contributed by atoms with Crippen molar-refractivity contribution in [2.45, 2.75) is 6.54 Å². The Kier molecular flexibility index (Phi) is 4.16. The first kappa shape index (κ1) is 13.8. The average Bonchev–Trinajstić information content (AvgIpc) is 2.84. The topological polar surface area (TPSA) is 110 Å². The minimum Gasteiger partial charge on any atom is -0.367 e. The molecule has 0 saturated heterocycles. The molecule has 2 rings (SSSR count). The number of carbonyl (C=O) groups is 1. The first-order valence-corrected chi connectivity index (χ1v) is 6.55. The highest BCUT2D eigenvalue weighted by Crippen LogP contribution is 2.30. The third kappa shape index (κ3) is 3.45. The number of nitrogens with zero attached hydrogens (tertiary/aromatic N) is 1. The molecule has 8 heteroatoms. The summed E-state index contributed by atoms with van der Waals surface area (Å²) in [6, 6.07) is 7.89. The Bertz CT molecular complexity index is 641. The molecule has 0 aliphatic rings. The summed E-state index contributed by atoms with van der Waals surface area (Å²) in [5.74, 6) is 0. The molecule has 0 atom stereocenters. The van der Waals surface area contributed by atoms with Crippen LogP contribution in [0.1, 0.15) is 5.56 Å². The molecule has 1 heterocycles. The zero-order chi connectivity index (χ0) is 14.5. The molecule has 2 aromatic rings. The second-order valence-electron chi connectivity index (χ2n) is 3.94. The number of thiophene rings is 1. The van der Waals surface area contributed by atoms with Crippen LogP contribution in [0, 0.1) is 10.1 Å². The second-order valence-corrected chi connectivity index (χ2v) is 4.85. The monoisotopic (exact) mass is 292 g/mol. The summed E-state index contributed by atoms with van der Waals surface area (Å²) >= 11 is 1.27. The maximum absolute atomic E-state index is 10.8. The lowest BCUT2D eigenvalue weighted by Crippen LogP contribution is -2.19. The van der Waals surface area contributed by atoms with Crippen molar-refractivity contribution in [3.63, 3.8) is 0 Å². The Labute approximate surface area is 118 Å². The van der Waals surface area contributed by atoms with Crippen LogP contribution in [0.3, 0.4) is 0 Å². The molecule has 0 aliphatic heterocycles. The minimum atomic E-state index is -0.635. The molecule has 4 N–H and O–H groups in total. The Morgan fingerprint density at radius 1 is 1.40 bits per heavy atom. The maximum Gasteiger partial charge on any atom is 0.316 e. The van der Waals surface area contributed by atoms with Gasteiger partial charge in [-0.25, -0.2) is 4.79 Å². The third-order valence-electron chi connectivity index (χ3n) is 2.49. The molecule has 0 unspecified atom stereocenters. The number of urea groups is 1. The van der Waals surface area contributed by atoms with E-state index in [2.05, 4.69) is 10.6 Å². The van der Waals surface area contributed by atoms with E-state index in [-0.39, 0.29) is 5.69 Å². The lowest BCUT2D eigenvalue weighted by Gasteiger charge is -2.06. The van der Waals surface area contributed by atoms with Crippen LogP contribution < -0.4 is 16.4 Å². The number of amides is 2. The van der Waals surface area contributed by atoms with Gasteiger partial charge in [0.2, 0.25) is 0 Å². The minimum absolute atomic E-state index is 0.0569. The van der Waals surface area contributed by atoms with Crippen LogP contribution in [0.4, 0.5) is 21.2 Å². The molecular weight excluding hydrogens is 280 g/mol. The number of rotatable bonds is 5. The molecule has 0 aliphatic carbocycles. The van der Waals surface area contributed by atoms with Crippen molar-refractivity contribution < 1.29 is 9.72 Å². The summed E-state index contributed by atoms with van der Waals surface area (Å²) in [6.45, 7) is 0.412. The molecule has 1 aromatic heterocycles. The standard InChI is InChI=1S/C12H12N4O3S/c13-12(17)15-9-3-1-2-8(6-9)7-14-11-10(16(18)19)4-5-20-11/h1-6,14H,7H2,(H3,13,15,17). The van der Waals surface area contributed by atoms with E-state index in [1.165, 1.54) is 17.4 Å². The van der Waals surface area contributed by atoms with Crippen molar-refractivity contribution in [2.75, 3.05) is 10.6 Å². The van der Waals surface area contributed by atoms with E-state index in [1.807, 2.05) is 6.07 Å². The van der Waals surface area contributed by atoms with Gasteiger partial charge < -0.3 is 16.4 Å². The van der Waals surface area contributed by atoms with Gasteiger partial charge in [-0.05, 0) is 23.1 Å². The Hall–Kier alpha value is -2.61. The molecular formula is C12H12N4O3S. The smallest absolute Gasteiger partial charge is 0.316 e. The van der Waals surface area contributed by atoms with Crippen molar-refractivity contribution >= 4 is 33.7 Å². The summed E-state index contributed by atoms with van der Waals surface area (Å²) in [7, 11) is 0. The van der Waals surface area contributed by atoms with Gasteiger partial charge in [0.05, 0.1) is 4.92 Å². The average molecular weight is 292 g/mol. The SMILES string of the molecule is NC(=O)Nc1cccc(CNc2sccc2[N+](=O)[O-])c1. The number of hydrogen-bond acceptors (Lipinski definition) is 5. The number of carbonyl (C=O) groups excluding carboxylic acids is 1. The highest BCUT2D eigenvalue weighted by molar-refractivity contribution is 7.14. The molecule has 20 heavy (non-hydrogen) atoms. The molecule has 1 aromatic carbocycles. The van der Waals surface area contributed by atoms with E-state index in [0.29, 0.717) is 17.2 Å². The van der Waals surface area contributed by atoms with Gasteiger partial charge in [0.15, 0.2) is 5.00 Å². The quantitative estimate of drug-likeness (QED) is 0.581. The summed E-state index contributed by atoms with van der Waals surface area (Å²) in [5, 5.41) is 18.4. The normalized spacial score (nSPS) is 10.0. The van der Waals surface area contributed by atoms with Gasteiger partial charge in [-0.2, -0.15) is 0 Å². The highest BCUT2D eigenvalue weighted by Gasteiger charge is 2.14. The van der Waals surface area contributed by atoms with Crippen molar-refractivity contribution in [3.8, 4) is 0 Å². The van der Waals surface area contributed by atoms with E-state index in [0.717, 1.165) is 5.56 Å². The zero-order valence-corrected chi connectivity index (χ0v) is 11.1. The van der Waals surface area contributed by atoms with Crippen molar-refractivity contribution in [1.82, 2.24) is 0 Å². The van der Waals surface area contributed by atoms with Crippen molar-refractivity contribution in [1.29, 1.82) is 0 Å².